The zero-order chi connectivity index (χ0) is 25.9. The Kier molecular flexibility index (Phi) is 7.32. The van der Waals surface area contributed by atoms with Gasteiger partial charge in [-0.2, -0.15) is 5.10 Å². The van der Waals surface area contributed by atoms with Crippen molar-refractivity contribution < 1.29 is 23.5 Å². The van der Waals surface area contributed by atoms with Crippen LogP contribution in [-0.4, -0.2) is 69.2 Å². The molecule has 2 aliphatic heterocycles. The van der Waals surface area contributed by atoms with Gasteiger partial charge in [0.05, 0.1) is 5.52 Å². The van der Waals surface area contributed by atoms with E-state index < -0.39 is 23.6 Å². The highest BCUT2D eigenvalue weighted by Crippen LogP contribution is 2.34. The number of carbonyl (C=O) groups is 2. The van der Waals surface area contributed by atoms with Crippen LogP contribution in [0.5, 0.6) is 0 Å². The molecule has 0 bridgehead atoms. The molecule has 3 heterocycles. The molecule has 0 aliphatic carbocycles. The summed E-state index contributed by atoms with van der Waals surface area (Å²) >= 11 is 0. The lowest BCUT2D eigenvalue weighted by molar-refractivity contribution is -0.147. The Morgan fingerprint density at radius 1 is 1.00 bits per heavy atom. The topological polar surface area (TPSA) is 89.5 Å². The number of hydrogen-bond acceptors (Lipinski definition) is 4. The van der Waals surface area contributed by atoms with Crippen molar-refractivity contribution in [3.63, 3.8) is 0 Å². The summed E-state index contributed by atoms with van der Waals surface area (Å²) in [6.07, 6.45) is 5.62. The van der Waals surface area contributed by atoms with E-state index in [0.717, 1.165) is 47.6 Å². The lowest BCUT2D eigenvalue weighted by Gasteiger charge is -2.41. The summed E-state index contributed by atoms with van der Waals surface area (Å²) in [6, 6.07) is 10.6. The largest absolute Gasteiger partial charge is 0.480 e. The first kappa shape index (κ1) is 25.1. The second-order valence-corrected chi connectivity index (χ2v) is 9.95. The molecule has 7 nitrogen and oxygen atoms in total. The summed E-state index contributed by atoms with van der Waals surface area (Å²) in [6.45, 7) is 2.29. The Balaban J connectivity index is 1.17. The Morgan fingerprint density at radius 2 is 1.68 bits per heavy atom. The van der Waals surface area contributed by atoms with Gasteiger partial charge in [0.15, 0.2) is 0 Å². The standard InChI is InChI=1S/C28H30F2N4O3/c29-21-15-18(16-22(30)17-21)5-6-25(35)33-11-9-20(10-12-33)27(28(36)37)34-13-7-19(8-14-34)26-23-3-1-2-4-24(23)31-32-26/h1-6,15-17,19-20,27H,7-14H2,(H,31,32)(H,36,37)/b6-5+. The fourth-order valence-electron chi connectivity index (χ4n) is 5.79. The maximum atomic E-state index is 13.4. The summed E-state index contributed by atoms with van der Waals surface area (Å²) in [5, 5.41) is 18.8. The Morgan fingerprint density at radius 3 is 2.35 bits per heavy atom. The number of rotatable bonds is 6. The van der Waals surface area contributed by atoms with Gasteiger partial charge in [0.1, 0.15) is 17.7 Å². The molecule has 0 spiro atoms. The van der Waals surface area contributed by atoms with E-state index in [0.29, 0.717) is 44.9 Å². The first-order chi connectivity index (χ1) is 17.9. The number of amides is 1. The van der Waals surface area contributed by atoms with Crippen molar-refractivity contribution in [2.45, 2.75) is 37.6 Å². The highest BCUT2D eigenvalue weighted by Gasteiger charge is 2.38. The van der Waals surface area contributed by atoms with Gasteiger partial charge < -0.3 is 10.0 Å². The fraction of sp³-hybridized carbons (Fsp3) is 0.393. The molecule has 2 saturated heterocycles. The maximum absolute atomic E-state index is 13.4. The second-order valence-electron chi connectivity index (χ2n) is 9.95. The van der Waals surface area contributed by atoms with Gasteiger partial charge >= 0.3 is 5.97 Å². The van der Waals surface area contributed by atoms with Crippen molar-refractivity contribution >= 4 is 28.9 Å². The number of aromatic nitrogens is 2. The van der Waals surface area contributed by atoms with Crippen molar-refractivity contribution in [2.75, 3.05) is 26.2 Å². The van der Waals surface area contributed by atoms with Crippen LogP contribution in [0.3, 0.4) is 0 Å². The molecule has 2 N–H and O–H groups in total. The molecule has 0 radical (unpaired) electrons. The summed E-state index contributed by atoms with van der Waals surface area (Å²) in [5.41, 5.74) is 2.35. The van der Waals surface area contributed by atoms with Gasteiger partial charge in [-0.1, -0.05) is 18.2 Å². The van der Waals surface area contributed by atoms with Crippen LogP contribution in [0.4, 0.5) is 8.78 Å². The Bertz CT molecular complexity index is 1290. The fourth-order valence-corrected chi connectivity index (χ4v) is 5.79. The molecule has 9 heteroatoms. The maximum Gasteiger partial charge on any atom is 0.321 e. The minimum absolute atomic E-state index is 0.0487. The van der Waals surface area contributed by atoms with E-state index in [9.17, 15) is 23.5 Å². The number of aliphatic carboxylic acids is 1. The minimum atomic E-state index is -0.816. The molecule has 1 atom stereocenters. The molecule has 1 aromatic heterocycles. The average molecular weight is 509 g/mol. The first-order valence-electron chi connectivity index (χ1n) is 12.7. The molecular weight excluding hydrogens is 478 g/mol. The van der Waals surface area contributed by atoms with Gasteiger partial charge in [-0.15, -0.1) is 0 Å². The number of likely N-dealkylation sites (tertiary alicyclic amines) is 2. The predicted octanol–water partition coefficient (Wildman–Crippen LogP) is 4.43. The lowest BCUT2D eigenvalue weighted by Crippen LogP contribution is -2.52. The van der Waals surface area contributed by atoms with E-state index in [2.05, 4.69) is 21.2 Å². The third-order valence-corrected chi connectivity index (χ3v) is 7.68. The summed E-state index contributed by atoms with van der Waals surface area (Å²) in [5.74, 6) is -2.20. The van der Waals surface area contributed by atoms with E-state index in [1.54, 1.807) is 4.90 Å². The van der Waals surface area contributed by atoms with Crippen molar-refractivity contribution in [1.29, 1.82) is 0 Å². The van der Waals surface area contributed by atoms with Crippen molar-refractivity contribution in [1.82, 2.24) is 20.0 Å². The van der Waals surface area contributed by atoms with Gasteiger partial charge in [0.25, 0.3) is 0 Å². The molecule has 194 valence electrons. The number of piperidine rings is 2. The predicted molar refractivity (Wildman–Crippen MR) is 136 cm³/mol. The van der Waals surface area contributed by atoms with E-state index in [1.165, 1.54) is 12.2 Å². The molecule has 2 aliphatic rings. The number of aromatic amines is 1. The van der Waals surface area contributed by atoms with Crippen molar-refractivity contribution in [3.05, 3.63) is 71.4 Å². The third kappa shape index (κ3) is 5.56. The van der Waals surface area contributed by atoms with Crippen molar-refractivity contribution in [3.8, 4) is 0 Å². The molecule has 2 fully saturated rings. The number of benzene rings is 2. The molecule has 2 aromatic carbocycles. The van der Waals surface area contributed by atoms with Crippen molar-refractivity contribution in [2.24, 2.45) is 5.92 Å². The van der Waals surface area contributed by atoms with Crippen LogP contribution in [0.15, 0.2) is 48.5 Å². The lowest BCUT2D eigenvalue weighted by atomic mass is 9.85. The number of nitrogens with one attached hydrogen (secondary N) is 1. The molecule has 37 heavy (non-hydrogen) atoms. The summed E-state index contributed by atoms with van der Waals surface area (Å²) in [4.78, 5) is 28.7. The third-order valence-electron chi connectivity index (χ3n) is 7.68. The van der Waals surface area contributed by atoms with Gasteiger partial charge in [-0.3, -0.25) is 19.6 Å². The molecule has 1 unspecified atom stereocenters. The molecule has 1 amide bonds. The number of hydrogen-bond donors (Lipinski definition) is 2. The van der Waals surface area contributed by atoms with Crippen LogP contribution in [-0.2, 0) is 9.59 Å². The van der Waals surface area contributed by atoms with Crippen LogP contribution in [0.1, 0.15) is 42.9 Å². The smallest absolute Gasteiger partial charge is 0.321 e. The summed E-state index contributed by atoms with van der Waals surface area (Å²) in [7, 11) is 0. The number of halogens is 2. The zero-order valence-electron chi connectivity index (χ0n) is 20.4. The van der Waals surface area contributed by atoms with E-state index in [1.807, 2.05) is 18.2 Å². The normalized spacial score (nSPS) is 19.0. The molecule has 0 saturated carbocycles. The molecule has 3 aromatic rings. The van der Waals surface area contributed by atoms with E-state index >= 15 is 0 Å². The molecular formula is C28H30F2N4O3. The van der Waals surface area contributed by atoms with Crippen LogP contribution in [0.2, 0.25) is 0 Å². The van der Waals surface area contributed by atoms with Gasteiger partial charge in [-0.25, -0.2) is 8.78 Å². The van der Waals surface area contributed by atoms with Gasteiger partial charge in [0, 0.05) is 42.2 Å². The summed E-state index contributed by atoms with van der Waals surface area (Å²) < 4.78 is 26.7. The number of carbonyl (C=O) groups excluding carboxylic acids is 1. The molecule has 5 rings (SSSR count). The van der Waals surface area contributed by atoms with Crippen LogP contribution in [0.25, 0.3) is 17.0 Å². The van der Waals surface area contributed by atoms with Crippen LogP contribution < -0.4 is 0 Å². The SMILES string of the molecule is O=C(O)C(C1CCN(C(=O)/C=C/c2cc(F)cc(F)c2)CC1)N1CCC(c2[nH]nc3ccccc23)CC1. The Labute approximate surface area is 213 Å². The number of nitrogens with zero attached hydrogens (tertiary/aromatic N) is 3. The first-order valence-corrected chi connectivity index (χ1v) is 12.7. The van der Waals surface area contributed by atoms with Gasteiger partial charge in [0.2, 0.25) is 5.91 Å². The number of fused-ring (bicyclic) bond motifs is 1. The number of para-hydroxylation sites is 1. The number of carboxylic acid groups (broad SMARTS) is 1. The average Bonchev–Trinajstić information content (AvgIpc) is 3.32. The highest BCUT2D eigenvalue weighted by atomic mass is 19.1. The monoisotopic (exact) mass is 508 g/mol. The van der Waals surface area contributed by atoms with Crippen LogP contribution in [0, 0.1) is 17.6 Å². The van der Waals surface area contributed by atoms with Crippen LogP contribution >= 0.6 is 0 Å². The van der Waals surface area contributed by atoms with E-state index in [-0.39, 0.29) is 17.4 Å². The minimum Gasteiger partial charge on any atom is -0.480 e. The van der Waals surface area contributed by atoms with Gasteiger partial charge in [-0.05, 0) is 74.5 Å². The second kappa shape index (κ2) is 10.8. The highest BCUT2D eigenvalue weighted by molar-refractivity contribution is 5.91. The zero-order valence-corrected chi connectivity index (χ0v) is 20.4. The Hall–Kier alpha value is -3.59. The number of carboxylic acids is 1. The quantitative estimate of drug-likeness (QED) is 0.481. The number of H-pyrrole nitrogens is 1. The van der Waals surface area contributed by atoms with E-state index in [4.69, 9.17) is 0 Å².